The standard InChI is InChI=1S/C13H15BrFNO2/c1-2-16(7-8-3-4-8)10-6-5-9(13(17)18)11(14)12(10)15/h5-6,8H,2-4,7H2,1H3,(H,17,18). The van der Waals surface area contributed by atoms with Crippen LogP contribution in [0.2, 0.25) is 0 Å². The molecule has 0 amide bonds. The zero-order valence-corrected chi connectivity index (χ0v) is 11.7. The van der Waals surface area contributed by atoms with Gasteiger partial charge in [-0.25, -0.2) is 9.18 Å². The van der Waals surface area contributed by atoms with Gasteiger partial charge in [-0.05, 0) is 53.7 Å². The number of hydrogen-bond acceptors (Lipinski definition) is 2. The first-order valence-corrected chi connectivity index (χ1v) is 6.80. The number of halogens is 2. The van der Waals surface area contributed by atoms with Gasteiger partial charge in [0.25, 0.3) is 0 Å². The van der Waals surface area contributed by atoms with Crippen molar-refractivity contribution < 1.29 is 14.3 Å². The third kappa shape index (κ3) is 2.66. The molecule has 3 nitrogen and oxygen atoms in total. The van der Waals surface area contributed by atoms with E-state index < -0.39 is 11.8 Å². The summed E-state index contributed by atoms with van der Waals surface area (Å²) in [4.78, 5) is 12.9. The molecular weight excluding hydrogens is 301 g/mol. The van der Waals surface area contributed by atoms with Crippen molar-refractivity contribution in [1.29, 1.82) is 0 Å². The third-order valence-corrected chi connectivity index (χ3v) is 3.97. The fourth-order valence-corrected chi connectivity index (χ4v) is 2.46. The van der Waals surface area contributed by atoms with E-state index in [1.54, 1.807) is 6.07 Å². The van der Waals surface area contributed by atoms with Crippen molar-refractivity contribution in [3.05, 3.63) is 28.0 Å². The Morgan fingerprint density at radius 3 is 2.72 bits per heavy atom. The summed E-state index contributed by atoms with van der Waals surface area (Å²) in [5, 5.41) is 8.92. The normalized spacial score (nSPS) is 14.6. The summed E-state index contributed by atoms with van der Waals surface area (Å²) < 4.78 is 14.2. The number of aromatic carboxylic acids is 1. The molecule has 1 aliphatic carbocycles. The first kappa shape index (κ1) is 13.3. The van der Waals surface area contributed by atoms with Crippen molar-refractivity contribution in [3.8, 4) is 0 Å². The minimum Gasteiger partial charge on any atom is -0.478 e. The summed E-state index contributed by atoms with van der Waals surface area (Å²) in [6.45, 7) is 3.53. The van der Waals surface area contributed by atoms with E-state index in [4.69, 9.17) is 5.11 Å². The smallest absolute Gasteiger partial charge is 0.336 e. The lowest BCUT2D eigenvalue weighted by molar-refractivity contribution is 0.0695. The van der Waals surface area contributed by atoms with E-state index in [2.05, 4.69) is 15.9 Å². The molecule has 98 valence electrons. The highest BCUT2D eigenvalue weighted by Crippen LogP contribution is 2.34. The second kappa shape index (κ2) is 5.26. The van der Waals surface area contributed by atoms with Gasteiger partial charge in [0.05, 0.1) is 15.7 Å². The SMILES string of the molecule is CCN(CC1CC1)c1ccc(C(=O)O)c(Br)c1F. The maximum absolute atomic E-state index is 14.2. The van der Waals surface area contributed by atoms with Crippen molar-refractivity contribution in [3.63, 3.8) is 0 Å². The highest BCUT2D eigenvalue weighted by molar-refractivity contribution is 9.10. The molecule has 0 spiro atoms. The number of anilines is 1. The molecule has 0 radical (unpaired) electrons. The molecule has 1 N–H and O–H groups in total. The fourth-order valence-electron chi connectivity index (χ4n) is 1.96. The lowest BCUT2D eigenvalue weighted by atomic mass is 10.1. The second-order valence-electron chi connectivity index (χ2n) is 4.55. The van der Waals surface area contributed by atoms with Crippen molar-refractivity contribution >= 4 is 27.6 Å². The molecule has 0 heterocycles. The Kier molecular flexibility index (Phi) is 3.90. The maximum Gasteiger partial charge on any atom is 0.336 e. The summed E-state index contributed by atoms with van der Waals surface area (Å²) in [5.41, 5.74) is 0.431. The van der Waals surface area contributed by atoms with Gasteiger partial charge in [-0.1, -0.05) is 0 Å². The van der Waals surface area contributed by atoms with Crippen molar-refractivity contribution in [1.82, 2.24) is 0 Å². The van der Waals surface area contributed by atoms with Gasteiger partial charge in [0.15, 0.2) is 5.82 Å². The minimum absolute atomic E-state index is 0.0294. The number of carbonyl (C=O) groups is 1. The second-order valence-corrected chi connectivity index (χ2v) is 5.34. The predicted octanol–water partition coefficient (Wildman–Crippen LogP) is 3.52. The Labute approximate surface area is 114 Å². The van der Waals surface area contributed by atoms with Crippen LogP contribution < -0.4 is 4.90 Å². The van der Waals surface area contributed by atoms with Gasteiger partial charge < -0.3 is 10.0 Å². The fraction of sp³-hybridized carbons (Fsp3) is 0.462. The van der Waals surface area contributed by atoms with Gasteiger partial charge in [-0.3, -0.25) is 0 Å². The van der Waals surface area contributed by atoms with Crippen LogP contribution in [0.4, 0.5) is 10.1 Å². The van der Waals surface area contributed by atoms with Crippen LogP contribution in [0.5, 0.6) is 0 Å². The molecule has 0 atom stereocenters. The van der Waals surface area contributed by atoms with Gasteiger partial charge in [-0.15, -0.1) is 0 Å². The molecule has 2 rings (SSSR count). The third-order valence-electron chi connectivity index (χ3n) is 3.19. The Bertz CT molecular complexity index is 474. The molecule has 5 heteroatoms. The van der Waals surface area contributed by atoms with E-state index in [9.17, 15) is 9.18 Å². The Morgan fingerprint density at radius 1 is 1.56 bits per heavy atom. The summed E-state index contributed by atoms with van der Waals surface area (Å²) in [5.74, 6) is -0.961. The zero-order chi connectivity index (χ0) is 13.3. The van der Waals surface area contributed by atoms with Gasteiger partial charge in [0.1, 0.15) is 0 Å². The van der Waals surface area contributed by atoms with Crippen molar-refractivity contribution in [2.24, 2.45) is 5.92 Å². The molecule has 1 aromatic carbocycles. The molecule has 18 heavy (non-hydrogen) atoms. The minimum atomic E-state index is -1.13. The molecule has 0 bridgehead atoms. The maximum atomic E-state index is 14.2. The lowest BCUT2D eigenvalue weighted by Crippen LogP contribution is -2.26. The van der Waals surface area contributed by atoms with Gasteiger partial charge >= 0.3 is 5.97 Å². The van der Waals surface area contributed by atoms with Crippen LogP contribution >= 0.6 is 15.9 Å². The number of hydrogen-bond donors (Lipinski definition) is 1. The Morgan fingerprint density at radius 2 is 2.22 bits per heavy atom. The van der Waals surface area contributed by atoms with Crippen LogP contribution in [0.15, 0.2) is 16.6 Å². The van der Waals surface area contributed by atoms with Gasteiger partial charge in [-0.2, -0.15) is 0 Å². The Balaban J connectivity index is 2.31. The topological polar surface area (TPSA) is 40.5 Å². The molecule has 1 saturated carbocycles. The highest BCUT2D eigenvalue weighted by Gasteiger charge is 2.26. The number of nitrogens with zero attached hydrogens (tertiary/aromatic N) is 1. The first-order valence-electron chi connectivity index (χ1n) is 6.00. The molecule has 0 aliphatic heterocycles. The van der Waals surface area contributed by atoms with Crippen molar-refractivity contribution in [2.75, 3.05) is 18.0 Å². The number of carboxylic acid groups (broad SMARTS) is 1. The highest BCUT2D eigenvalue weighted by atomic mass is 79.9. The molecule has 0 unspecified atom stereocenters. The number of carboxylic acids is 1. The summed E-state index contributed by atoms with van der Waals surface area (Å²) in [6, 6.07) is 3.00. The van der Waals surface area contributed by atoms with Crippen LogP contribution in [-0.2, 0) is 0 Å². The van der Waals surface area contributed by atoms with Gasteiger partial charge in [0.2, 0.25) is 0 Å². The molecular formula is C13H15BrFNO2. The van der Waals surface area contributed by atoms with Crippen LogP contribution in [0.25, 0.3) is 0 Å². The van der Waals surface area contributed by atoms with Gasteiger partial charge in [0, 0.05) is 13.1 Å². The van der Waals surface area contributed by atoms with E-state index in [0.29, 0.717) is 18.2 Å². The largest absolute Gasteiger partial charge is 0.478 e. The average Bonchev–Trinajstić information content (AvgIpc) is 3.13. The van der Waals surface area contributed by atoms with E-state index in [1.165, 1.54) is 18.9 Å². The van der Waals surface area contributed by atoms with Crippen LogP contribution in [0.3, 0.4) is 0 Å². The lowest BCUT2D eigenvalue weighted by Gasteiger charge is -2.24. The average molecular weight is 316 g/mol. The molecule has 0 saturated heterocycles. The quantitative estimate of drug-likeness (QED) is 0.903. The Hall–Kier alpha value is -1.10. The van der Waals surface area contributed by atoms with Crippen LogP contribution in [0.1, 0.15) is 30.1 Å². The zero-order valence-electron chi connectivity index (χ0n) is 10.1. The molecule has 1 fully saturated rings. The van der Waals surface area contributed by atoms with E-state index in [1.807, 2.05) is 11.8 Å². The summed E-state index contributed by atoms with van der Waals surface area (Å²) in [7, 11) is 0. The van der Waals surface area contributed by atoms with Crippen molar-refractivity contribution in [2.45, 2.75) is 19.8 Å². The van der Waals surface area contributed by atoms with E-state index in [0.717, 1.165) is 6.54 Å². The monoisotopic (exact) mass is 315 g/mol. The predicted molar refractivity (Wildman–Crippen MR) is 71.7 cm³/mol. The summed E-state index contributed by atoms with van der Waals surface area (Å²) >= 11 is 3.03. The van der Waals surface area contributed by atoms with E-state index >= 15 is 0 Å². The molecule has 1 aromatic rings. The molecule has 0 aromatic heterocycles. The first-order chi connectivity index (χ1) is 8.54. The molecule has 1 aliphatic rings. The van der Waals surface area contributed by atoms with Crippen LogP contribution in [0, 0.1) is 11.7 Å². The summed E-state index contributed by atoms with van der Waals surface area (Å²) in [6.07, 6.45) is 2.40. The van der Waals surface area contributed by atoms with E-state index in [-0.39, 0.29) is 10.0 Å². The number of benzene rings is 1. The van der Waals surface area contributed by atoms with Crippen LogP contribution in [-0.4, -0.2) is 24.2 Å². The number of rotatable bonds is 5.